The van der Waals surface area contributed by atoms with E-state index in [-0.39, 0.29) is 12.3 Å². The highest BCUT2D eigenvalue weighted by atomic mass is 32.1. The monoisotopic (exact) mass is 495 g/mol. The third-order valence-corrected chi connectivity index (χ3v) is 5.46. The van der Waals surface area contributed by atoms with Gasteiger partial charge in [-0.2, -0.15) is 12.6 Å². The van der Waals surface area contributed by atoms with Crippen LogP contribution in [0.2, 0.25) is 0 Å². The molecule has 0 bridgehead atoms. The van der Waals surface area contributed by atoms with Crippen LogP contribution < -0.4 is 10.6 Å². The van der Waals surface area contributed by atoms with Crippen molar-refractivity contribution in [1.82, 2.24) is 15.5 Å². The normalized spacial score (nSPS) is 12.6. The number of thiol groups is 1. The van der Waals surface area contributed by atoms with Crippen LogP contribution in [-0.4, -0.2) is 40.2 Å². The molecule has 35 heavy (non-hydrogen) atoms. The van der Waals surface area contributed by atoms with Crippen molar-refractivity contribution in [2.45, 2.75) is 58.8 Å². The molecular formula is C27H33N3O4S. The van der Waals surface area contributed by atoms with E-state index < -0.39 is 35.6 Å². The molecule has 0 spiro atoms. The summed E-state index contributed by atoms with van der Waals surface area (Å²) in [4.78, 5) is 40.3. The van der Waals surface area contributed by atoms with Gasteiger partial charge in [0.2, 0.25) is 5.91 Å². The lowest BCUT2D eigenvalue weighted by molar-refractivity contribution is -0.138. The van der Waals surface area contributed by atoms with Crippen LogP contribution in [-0.2, 0) is 20.9 Å². The molecule has 0 aliphatic carbocycles. The molecule has 0 fully saturated rings. The Labute approximate surface area is 213 Å². The predicted molar refractivity (Wildman–Crippen MR) is 140 cm³/mol. The Morgan fingerprint density at radius 1 is 1.11 bits per heavy atom. The Kier molecular flexibility index (Phi) is 9.78. The molecule has 0 aromatic heterocycles. The average molecular weight is 496 g/mol. The maximum Gasteiger partial charge on any atom is 0.408 e. The Bertz CT molecular complexity index is 1090. The summed E-state index contributed by atoms with van der Waals surface area (Å²) in [6.45, 7) is 9.15. The van der Waals surface area contributed by atoms with Crippen molar-refractivity contribution >= 4 is 30.5 Å². The van der Waals surface area contributed by atoms with Gasteiger partial charge in [0, 0.05) is 18.3 Å². The van der Waals surface area contributed by atoms with E-state index in [9.17, 15) is 14.4 Å². The Balaban J connectivity index is 2.38. The second-order valence-electron chi connectivity index (χ2n) is 9.18. The molecule has 0 radical (unpaired) electrons. The lowest BCUT2D eigenvalue weighted by atomic mass is 9.96. The van der Waals surface area contributed by atoms with Crippen molar-refractivity contribution in [1.29, 1.82) is 0 Å². The highest BCUT2D eigenvalue weighted by molar-refractivity contribution is 7.80. The predicted octanol–water partition coefficient (Wildman–Crippen LogP) is 3.90. The van der Waals surface area contributed by atoms with Crippen LogP contribution in [0.1, 0.15) is 49.1 Å². The fourth-order valence-electron chi connectivity index (χ4n) is 3.40. The molecule has 0 heterocycles. The number of aryl methyl sites for hydroxylation is 2. The number of nitrogens with zero attached hydrogens (tertiary/aromatic N) is 1. The minimum Gasteiger partial charge on any atom is -0.444 e. The third-order valence-electron chi connectivity index (χ3n) is 5.09. The molecule has 2 aromatic rings. The van der Waals surface area contributed by atoms with Gasteiger partial charge in [0.25, 0.3) is 5.91 Å². The maximum absolute atomic E-state index is 13.5. The van der Waals surface area contributed by atoms with Crippen LogP contribution in [0.15, 0.2) is 48.5 Å². The van der Waals surface area contributed by atoms with Gasteiger partial charge in [0.05, 0.1) is 0 Å². The van der Waals surface area contributed by atoms with Gasteiger partial charge in [0.15, 0.2) is 0 Å². The van der Waals surface area contributed by atoms with Crippen LogP contribution in [0.25, 0.3) is 0 Å². The molecule has 8 heteroatoms. The number of benzene rings is 2. The molecule has 0 aliphatic heterocycles. The molecule has 0 saturated carbocycles. The van der Waals surface area contributed by atoms with E-state index in [1.165, 1.54) is 0 Å². The van der Waals surface area contributed by atoms with Gasteiger partial charge in [-0.1, -0.05) is 60.5 Å². The molecule has 3 amide bonds. The minimum absolute atomic E-state index is 0.0403. The summed E-state index contributed by atoms with van der Waals surface area (Å²) in [5.74, 6) is -1.13. The fourth-order valence-corrected chi connectivity index (χ4v) is 3.65. The number of hydrogen-bond acceptors (Lipinski definition) is 5. The standard InChI is InChI=1S/C27H33N3O4S/c1-7-30(25(32)22(17-35)29-26(33)34-27(4,5)6)23(21-15-18(2)13-14-19(21)3)24(31)28-16-20-11-9-8-10-12-20/h1,8-15,22-23,35H,16-17H2,2-6H3,(H,28,31)(H,29,33). The second kappa shape index (κ2) is 12.3. The van der Waals surface area contributed by atoms with E-state index in [0.717, 1.165) is 21.6 Å². The lowest BCUT2D eigenvalue weighted by Crippen LogP contribution is -2.52. The molecule has 2 aromatic carbocycles. The van der Waals surface area contributed by atoms with Crippen molar-refractivity contribution in [3.63, 3.8) is 0 Å². The van der Waals surface area contributed by atoms with Gasteiger partial charge in [-0.15, -0.1) is 0 Å². The molecule has 2 atom stereocenters. The lowest BCUT2D eigenvalue weighted by Gasteiger charge is -2.30. The number of hydrogen-bond donors (Lipinski definition) is 3. The average Bonchev–Trinajstić information content (AvgIpc) is 2.80. The van der Waals surface area contributed by atoms with Crippen LogP contribution in [0.5, 0.6) is 0 Å². The zero-order chi connectivity index (χ0) is 26.2. The topological polar surface area (TPSA) is 87.7 Å². The summed E-state index contributed by atoms with van der Waals surface area (Å²) in [7, 11) is 0. The number of carbonyl (C=O) groups excluding carboxylic acids is 3. The van der Waals surface area contributed by atoms with E-state index in [1.54, 1.807) is 20.8 Å². The summed E-state index contributed by atoms with van der Waals surface area (Å²) in [5, 5.41) is 5.39. The Hall–Kier alpha value is -3.44. The van der Waals surface area contributed by atoms with Crippen molar-refractivity contribution in [2.24, 2.45) is 0 Å². The van der Waals surface area contributed by atoms with E-state index in [1.807, 2.05) is 62.4 Å². The summed E-state index contributed by atoms with van der Waals surface area (Å²) < 4.78 is 5.26. The molecule has 0 saturated heterocycles. The zero-order valence-corrected chi connectivity index (χ0v) is 21.7. The van der Waals surface area contributed by atoms with Gasteiger partial charge in [0.1, 0.15) is 17.7 Å². The van der Waals surface area contributed by atoms with Gasteiger partial charge in [-0.25, -0.2) is 4.79 Å². The first kappa shape index (κ1) is 27.8. The van der Waals surface area contributed by atoms with Gasteiger partial charge >= 0.3 is 6.09 Å². The quantitative estimate of drug-likeness (QED) is 0.294. The summed E-state index contributed by atoms with van der Waals surface area (Å²) in [5.41, 5.74) is 2.45. The third kappa shape index (κ3) is 8.08. The number of terminal acetylenes is 1. The van der Waals surface area contributed by atoms with Crippen LogP contribution in [0.4, 0.5) is 4.79 Å². The van der Waals surface area contributed by atoms with Crippen LogP contribution in [0, 0.1) is 26.3 Å². The largest absolute Gasteiger partial charge is 0.444 e. The van der Waals surface area contributed by atoms with Crippen molar-refractivity contribution in [3.8, 4) is 12.5 Å². The van der Waals surface area contributed by atoms with E-state index >= 15 is 0 Å². The van der Waals surface area contributed by atoms with E-state index in [0.29, 0.717) is 5.56 Å². The first-order chi connectivity index (χ1) is 16.5. The number of nitrogens with one attached hydrogen (secondary N) is 2. The van der Waals surface area contributed by atoms with Crippen molar-refractivity contribution in [2.75, 3.05) is 5.75 Å². The van der Waals surface area contributed by atoms with E-state index in [2.05, 4.69) is 29.3 Å². The van der Waals surface area contributed by atoms with Crippen molar-refractivity contribution in [3.05, 3.63) is 70.8 Å². The molecule has 2 rings (SSSR count). The van der Waals surface area contributed by atoms with Gasteiger partial charge < -0.3 is 15.4 Å². The number of amides is 3. The fraction of sp³-hybridized carbons (Fsp3) is 0.370. The highest BCUT2D eigenvalue weighted by Gasteiger charge is 2.36. The molecule has 2 N–H and O–H groups in total. The molecule has 2 unspecified atom stereocenters. The van der Waals surface area contributed by atoms with Gasteiger partial charge in [-0.3, -0.25) is 14.5 Å². The first-order valence-electron chi connectivity index (χ1n) is 11.2. The van der Waals surface area contributed by atoms with Crippen LogP contribution >= 0.6 is 12.6 Å². The first-order valence-corrected chi connectivity index (χ1v) is 11.9. The Morgan fingerprint density at radius 2 is 1.77 bits per heavy atom. The molecule has 186 valence electrons. The maximum atomic E-state index is 13.5. The SMILES string of the molecule is C#CN(C(=O)C(CS)NC(=O)OC(C)(C)C)C(C(=O)NCc1ccccc1)c1cc(C)ccc1C. The molecule has 7 nitrogen and oxygen atoms in total. The number of ether oxygens (including phenoxy) is 1. The van der Waals surface area contributed by atoms with Crippen LogP contribution in [0.3, 0.4) is 0 Å². The number of carbonyl (C=O) groups is 3. The number of rotatable bonds is 8. The summed E-state index contributed by atoms with van der Waals surface area (Å²) in [6.07, 6.45) is 5.00. The second-order valence-corrected chi connectivity index (χ2v) is 9.55. The number of alkyl carbamates (subject to hydrolysis) is 1. The minimum atomic E-state index is -1.11. The molecular weight excluding hydrogens is 462 g/mol. The Morgan fingerprint density at radius 3 is 2.34 bits per heavy atom. The zero-order valence-electron chi connectivity index (χ0n) is 20.8. The van der Waals surface area contributed by atoms with Gasteiger partial charge in [-0.05, 0) is 51.3 Å². The highest BCUT2D eigenvalue weighted by Crippen LogP contribution is 2.26. The van der Waals surface area contributed by atoms with Crippen molar-refractivity contribution < 1.29 is 19.1 Å². The smallest absolute Gasteiger partial charge is 0.408 e. The summed E-state index contributed by atoms with van der Waals surface area (Å²) >= 11 is 4.22. The summed E-state index contributed by atoms with van der Waals surface area (Å²) in [6, 6.07) is 15.2. The molecule has 0 aliphatic rings. The van der Waals surface area contributed by atoms with E-state index in [4.69, 9.17) is 11.2 Å².